The topological polar surface area (TPSA) is 158 Å². The van der Waals surface area contributed by atoms with Gasteiger partial charge in [-0.3, -0.25) is 15.0 Å². The van der Waals surface area contributed by atoms with Crippen LogP contribution in [0.3, 0.4) is 0 Å². The molecule has 2 amide bonds. The Morgan fingerprint density at radius 2 is 1.74 bits per heavy atom. The second-order valence-electron chi connectivity index (χ2n) is 7.61. The van der Waals surface area contributed by atoms with Crippen molar-refractivity contribution in [2.45, 2.75) is 13.3 Å². The third kappa shape index (κ3) is 5.77. The fraction of sp³-hybridized carbons (Fsp3) is 0.115. The number of carboxylic acids is 1. The summed E-state index contributed by atoms with van der Waals surface area (Å²) in [5.41, 5.74) is 7.46. The van der Waals surface area contributed by atoms with E-state index in [-0.39, 0.29) is 28.4 Å². The number of nitrogen functional groups attached to an aromatic ring is 1. The van der Waals surface area contributed by atoms with Crippen molar-refractivity contribution in [3.63, 3.8) is 0 Å². The molecule has 1 aromatic heterocycles. The van der Waals surface area contributed by atoms with Gasteiger partial charge in [0.1, 0.15) is 11.5 Å². The monoisotopic (exact) mass is 471 g/mol. The molecular weight excluding hydrogens is 446 g/mol. The summed E-state index contributed by atoms with van der Waals surface area (Å²) in [6.45, 7) is 6.07. The van der Waals surface area contributed by atoms with Gasteiger partial charge >= 0.3 is 5.97 Å². The molecule has 6 N–H and O–H groups in total. The van der Waals surface area contributed by atoms with Crippen molar-refractivity contribution in [1.82, 2.24) is 10.3 Å². The molecule has 3 aromatic rings. The normalized spacial score (nSPS) is 10.3. The molecule has 0 radical (unpaired) electrons. The molecule has 0 fully saturated rings. The Kier molecular flexibility index (Phi) is 7.73. The molecule has 9 nitrogen and oxygen atoms in total. The molecule has 1 heterocycles. The number of amides is 2. The first kappa shape index (κ1) is 24.8. The Balaban J connectivity index is 2.04. The predicted octanol–water partition coefficient (Wildman–Crippen LogP) is 3.77. The lowest BCUT2D eigenvalue weighted by Gasteiger charge is -2.14. The number of carbonyl (C=O) groups excluding carboxylic acids is 2. The van der Waals surface area contributed by atoms with Crippen LogP contribution in [0.15, 0.2) is 61.2 Å². The second-order valence-corrected chi connectivity index (χ2v) is 7.61. The Morgan fingerprint density at radius 3 is 2.34 bits per heavy atom. The number of rotatable bonds is 9. The Bertz CT molecular complexity index is 1320. The quantitative estimate of drug-likeness (QED) is 0.236. The molecule has 0 aliphatic heterocycles. The molecule has 178 valence electrons. The summed E-state index contributed by atoms with van der Waals surface area (Å²) < 4.78 is 0. The van der Waals surface area contributed by atoms with Crippen molar-refractivity contribution >= 4 is 35.4 Å². The molecule has 0 spiro atoms. The number of nitrogens with zero attached hydrogens (tertiary/aromatic N) is 1. The van der Waals surface area contributed by atoms with Gasteiger partial charge in [0.2, 0.25) is 0 Å². The molecule has 2 aromatic carbocycles. The highest BCUT2D eigenvalue weighted by Crippen LogP contribution is 2.29. The highest BCUT2D eigenvalue weighted by molar-refractivity contribution is 6.11. The maximum Gasteiger partial charge on any atom is 0.355 e. The molecule has 0 saturated heterocycles. The lowest BCUT2D eigenvalue weighted by molar-refractivity contribution is 0.0691. The first-order chi connectivity index (χ1) is 16.7. The van der Waals surface area contributed by atoms with Crippen LogP contribution in [0.5, 0.6) is 0 Å². The van der Waals surface area contributed by atoms with Gasteiger partial charge in [0, 0.05) is 28.9 Å². The molecule has 0 saturated carbocycles. The summed E-state index contributed by atoms with van der Waals surface area (Å²) in [5.74, 6) is -2.39. The number of carboxylic acid groups (broad SMARTS) is 1. The SMILES string of the molecule is C=Cc1ccc(-c2ccc(C(=O)NCCC)nc2C(=O)O)c(C(=O)Nc2ccc(C(=N)N)cc2)c1. The summed E-state index contributed by atoms with van der Waals surface area (Å²) in [6.07, 6.45) is 2.29. The number of anilines is 1. The van der Waals surface area contributed by atoms with Gasteiger partial charge in [-0.2, -0.15) is 0 Å². The van der Waals surface area contributed by atoms with E-state index in [1.807, 2.05) is 6.92 Å². The number of nitrogens with two attached hydrogens (primary N) is 1. The fourth-order valence-electron chi connectivity index (χ4n) is 3.34. The Hall–Kier alpha value is -4.79. The fourth-order valence-corrected chi connectivity index (χ4v) is 3.34. The van der Waals surface area contributed by atoms with Crippen LogP contribution in [0.25, 0.3) is 17.2 Å². The number of aromatic carboxylic acids is 1. The van der Waals surface area contributed by atoms with Crippen molar-refractivity contribution in [3.8, 4) is 11.1 Å². The predicted molar refractivity (Wildman–Crippen MR) is 135 cm³/mol. The van der Waals surface area contributed by atoms with Gasteiger partial charge in [0.25, 0.3) is 11.8 Å². The van der Waals surface area contributed by atoms with Crippen molar-refractivity contribution < 1.29 is 19.5 Å². The van der Waals surface area contributed by atoms with Crippen LogP contribution in [-0.2, 0) is 0 Å². The molecule has 3 rings (SSSR count). The largest absolute Gasteiger partial charge is 0.476 e. The number of carbonyl (C=O) groups is 3. The first-order valence-corrected chi connectivity index (χ1v) is 10.8. The van der Waals surface area contributed by atoms with E-state index in [1.165, 1.54) is 12.1 Å². The van der Waals surface area contributed by atoms with Gasteiger partial charge in [-0.1, -0.05) is 31.7 Å². The minimum absolute atomic E-state index is 0.0288. The van der Waals surface area contributed by atoms with Gasteiger partial charge < -0.3 is 21.5 Å². The summed E-state index contributed by atoms with van der Waals surface area (Å²) in [7, 11) is 0. The van der Waals surface area contributed by atoms with E-state index in [9.17, 15) is 19.5 Å². The van der Waals surface area contributed by atoms with Crippen molar-refractivity contribution in [1.29, 1.82) is 5.41 Å². The van der Waals surface area contributed by atoms with Crippen molar-refractivity contribution in [2.24, 2.45) is 5.73 Å². The molecule has 0 bridgehead atoms. The van der Waals surface area contributed by atoms with Crippen LogP contribution in [0.2, 0.25) is 0 Å². The van der Waals surface area contributed by atoms with E-state index in [1.54, 1.807) is 48.5 Å². The highest BCUT2D eigenvalue weighted by atomic mass is 16.4. The molecular formula is C26H25N5O4. The maximum absolute atomic E-state index is 13.2. The molecule has 0 unspecified atom stereocenters. The van der Waals surface area contributed by atoms with E-state index >= 15 is 0 Å². The number of nitrogens with one attached hydrogen (secondary N) is 3. The summed E-state index contributed by atoms with van der Waals surface area (Å²) in [6, 6.07) is 14.2. The van der Waals surface area contributed by atoms with Gasteiger partial charge in [0.15, 0.2) is 5.69 Å². The van der Waals surface area contributed by atoms with Crippen molar-refractivity contribution in [3.05, 3.63) is 89.3 Å². The average Bonchev–Trinajstić information content (AvgIpc) is 2.86. The van der Waals surface area contributed by atoms with Gasteiger partial charge in [-0.05, 0) is 60.0 Å². The molecule has 35 heavy (non-hydrogen) atoms. The molecule has 0 atom stereocenters. The number of amidine groups is 1. The van der Waals surface area contributed by atoms with Crippen LogP contribution in [-0.4, -0.2) is 40.3 Å². The smallest absolute Gasteiger partial charge is 0.355 e. The standard InChI is InChI=1S/C26H25N5O4/c1-3-13-29-25(33)21-12-11-19(22(31-21)26(34)35)18-10-5-15(4-2)14-20(18)24(32)30-17-8-6-16(7-9-17)23(27)28/h4-12,14H,2-3,13H2,1H3,(H3,27,28)(H,29,33)(H,30,32)(H,34,35). The van der Waals surface area contributed by atoms with Gasteiger partial charge in [-0.15, -0.1) is 0 Å². The van der Waals surface area contributed by atoms with Crippen LogP contribution in [0, 0.1) is 5.41 Å². The first-order valence-electron chi connectivity index (χ1n) is 10.8. The zero-order valence-corrected chi connectivity index (χ0v) is 19.1. The molecule has 0 aliphatic rings. The zero-order chi connectivity index (χ0) is 25.5. The Labute approximate surface area is 202 Å². The molecule has 9 heteroatoms. The number of aromatic nitrogens is 1. The zero-order valence-electron chi connectivity index (χ0n) is 19.1. The number of pyridine rings is 1. The second kappa shape index (κ2) is 10.9. The lowest BCUT2D eigenvalue weighted by Crippen LogP contribution is -2.25. The highest BCUT2D eigenvalue weighted by Gasteiger charge is 2.22. The third-order valence-corrected chi connectivity index (χ3v) is 5.13. The van der Waals surface area contributed by atoms with E-state index in [0.717, 1.165) is 6.42 Å². The molecule has 0 aliphatic carbocycles. The van der Waals surface area contributed by atoms with Gasteiger partial charge in [-0.25, -0.2) is 9.78 Å². The average molecular weight is 472 g/mol. The Morgan fingerprint density at radius 1 is 1.06 bits per heavy atom. The number of hydrogen-bond acceptors (Lipinski definition) is 5. The van der Waals surface area contributed by atoms with E-state index in [0.29, 0.717) is 28.9 Å². The van der Waals surface area contributed by atoms with Crippen LogP contribution >= 0.6 is 0 Å². The van der Waals surface area contributed by atoms with Crippen LogP contribution < -0.4 is 16.4 Å². The van der Waals surface area contributed by atoms with Crippen molar-refractivity contribution in [2.75, 3.05) is 11.9 Å². The number of hydrogen-bond donors (Lipinski definition) is 5. The minimum atomic E-state index is -1.33. The van der Waals surface area contributed by atoms with E-state index in [4.69, 9.17) is 11.1 Å². The summed E-state index contributed by atoms with van der Waals surface area (Å²) >= 11 is 0. The summed E-state index contributed by atoms with van der Waals surface area (Å²) in [5, 5.41) is 22.7. The maximum atomic E-state index is 13.2. The number of benzene rings is 2. The van der Waals surface area contributed by atoms with E-state index in [2.05, 4.69) is 22.2 Å². The lowest BCUT2D eigenvalue weighted by atomic mass is 9.95. The van der Waals surface area contributed by atoms with Gasteiger partial charge in [0.05, 0.1) is 0 Å². The van der Waals surface area contributed by atoms with E-state index < -0.39 is 17.8 Å². The summed E-state index contributed by atoms with van der Waals surface area (Å²) in [4.78, 5) is 41.6. The third-order valence-electron chi connectivity index (χ3n) is 5.13. The minimum Gasteiger partial charge on any atom is -0.476 e. The van der Waals surface area contributed by atoms with Crippen LogP contribution in [0.4, 0.5) is 5.69 Å². The van der Waals surface area contributed by atoms with Crippen LogP contribution in [0.1, 0.15) is 55.8 Å².